The molecule has 0 saturated carbocycles. The minimum Gasteiger partial charge on any atom is -0.292 e. The molecule has 3 nitrogen and oxygen atoms in total. The van der Waals surface area contributed by atoms with E-state index in [2.05, 4.69) is 30.0 Å². The number of aromatic nitrogens is 2. The Morgan fingerprint density at radius 1 is 1.37 bits per heavy atom. The highest BCUT2D eigenvalue weighted by atomic mass is 19.1. The van der Waals surface area contributed by atoms with Crippen LogP contribution in [-0.4, -0.2) is 27.8 Å². The fourth-order valence-electron chi connectivity index (χ4n) is 2.58. The van der Waals surface area contributed by atoms with Crippen molar-refractivity contribution in [3.05, 3.63) is 53.6 Å². The summed E-state index contributed by atoms with van der Waals surface area (Å²) in [5.41, 5.74) is 2.23. The van der Waals surface area contributed by atoms with E-state index in [0.29, 0.717) is 6.04 Å². The minimum atomic E-state index is -0.163. The van der Waals surface area contributed by atoms with Crippen molar-refractivity contribution in [1.29, 1.82) is 0 Å². The zero-order valence-corrected chi connectivity index (χ0v) is 11.3. The largest absolute Gasteiger partial charge is 0.292 e. The van der Waals surface area contributed by atoms with Crippen LogP contribution < -0.4 is 0 Å². The second kappa shape index (κ2) is 4.78. The van der Waals surface area contributed by atoms with Crippen LogP contribution in [-0.2, 0) is 0 Å². The molecule has 19 heavy (non-hydrogen) atoms. The number of rotatable bonds is 3. The Labute approximate surface area is 112 Å². The topological polar surface area (TPSA) is 21.1 Å². The zero-order valence-electron chi connectivity index (χ0n) is 11.3. The third-order valence-electron chi connectivity index (χ3n) is 3.87. The molecule has 1 aromatic carbocycles. The van der Waals surface area contributed by atoms with E-state index < -0.39 is 0 Å². The van der Waals surface area contributed by atoms with E-state index in [-0.39, 0.29) is 11.9 Å². The first-order valence-corrected chi connectivity index (χ1v) is 6.64. The fourth-order valence-corrected chi connectivity index (χ4v) is 2.58. The molecule has 2 aromatic rings. The van der Waals surface area contributed by atoms with Crippen molar-refractivity contribution in [2.24, 2.45) is 0 Å². The minimum absolute atomic E-state index is 0.163. The summed E-state index contributed by atoms with van der Waals surface area (Å²) in [4.78, 5) is 2.34. The summed E-state index contributed by atoms with van der Waals surface area (Å²) in [7, 11) is 0. The van der Waals surface area contributed by atoms with Crippen molar-refractivity contribution in [2.75, 3.05) is 13.1 Å². The number of hydrogen-bond donors (Lipinski definition) is 0. The van der Waals surface area contributed by atoms with Gasteiger partial charge in [0.15, 0.2) is 0 Å². The summed E-state index contributed by atoms with van der Waals surface area (Å²) in [6.07, 6.45) is 3.97. The second-order valence-electron chi connectivity index (χ2n) is 5.34. The van der Waals surface area contributed by atoms with Crippen LogP contribution in [0.2, 0.25) is 0 Å². The molecule has 0 radical (unpaired) electrons. The van der Waals surface area contributed by atoms with Gasteiger partial charge in [-0.05, 0) is 37.1 Å². The van der Waals surface area contributed by atoms with Crippen LogP contribution in [0.4, 0.5) is 4.39 Å². The van der Waals surface area contributed by atoms with Gasteiger partial charge in [0.2, 0.25) is 0 Å². The van der Waals surface area contributed by atoms with E-state index in [9.17, 15) is 4.39 Å². The number of benzene rings is 1. The maximum Gasteiger partial charge on any atom is 0.123 e. The van der Waals surface area contributed by atoms with Gasteiger partial charge in [-0.25, -0.2) is 4.39 Å². The monoisotopic (exact) mass is 259 g/mol. The third kappa shape index (κ3) is 2.40. The molecule has 2 heterocycles. The molecule has 0 unspecified atom stereocenters. The van der Waals surface area contributed by atoms with E-state index >= 15 is 0 Å². The lowest BCUT2D eigenvalue weighted by Gasteiger charge is -2.43. The summed E-state index contributed by atoms with van der Waals surface area (Å²) >= 11 is 0. The van der Waals surface area contributed by atoms with Crippen molar-refractivity contribution < 1.29 is 4.39 Å². The molecule has 1 atom stereocenters. The van der Waals surface area contributed by atoms with Crippen LogP contribution in [0.5, 0.6) is 0 Å². The first kappa shape index (κ1) is 12.4. The molecule has 4 heteroatoms. The Morgan fingerprint density at radius 3 is 2.79 bits per heavy atom. The van der Waals surface area contributed by atoms with Crippen molar-refractivity contribution in [3.63, 3.8) is 0 Å². The van der Waals surface area contributed by atoms with Crippen LogP contribution in [0.15, 0.2) is 36.7 Å². The van der Waals surface area contributed by atoms with Gasteiger partial charge in [-0.2, -0.15) is 5.10 Å². The summed E-state index contributed by atoms with van der Waals surface area (Å²) < 4.78 is 15.3. The molecule has 1 aliphatic heterocycles. The molecule has 100 valence electrons. The maximum atomic E-state index is 13.2. The zero-order chi connectivity index (χ0) is 13.4. The Hall–Kier alpha value is -1.68. The fraction of sp³-hybridized carbons (Fsp3) is 0.400. The van der Waals surface area contributed by atoms with Crippen LogP contribution in [0.1, 0.15) is 30.1 Å². The Bertz CT molecular complexity index is 572. The van der Waals surface area contributed by atoms with Gasteiger partial charge >= 0.3 is 0 Å². The first-order valence-electron chi connectivity index (χ1n) is 6.64. The number of likely N-dealkylation sites (tertiary alicyclic amines) is 1. The van der Waals surface area contributed by atoms with Gasteiger partial charge in [0.1, 0.15) is 5.82 Å². The van der Waals surface area contributed by atoms with E-state index in [1.54, 1.807) is 12.1 Å². The predicted molar refractivity (Wildman–Crippen MR) is 72.4 cm³/mol. The van der Waals surface area contributed by atoms with Crippen molar-refractivity contribution >= 4 is 0 Å². The lowest BCUT2D eigenvalue weighted by molar-refractivity contribution is 0.0595. The highest BCUT2D eigenvalue weighted by molar-refractivity contribution is 5.20. The summed E-state index contributed by atoms with van der Waals surface area (Å²) in [6.45, 7) is 6.12. The number of nitrogens with zero attached hydrogens (tertiary/aromatic N) is 3. The number of hydrogen-bond acceptors (Lipinski definition) is 2. The second-order valence-corrected chi connectivity index (χ2v) is 5.34. The molecular formula is C15H18FN3. The van der Waals surface area contributed by atoms with E-state index in [4.69, 9.17) is 0 Å². The third-order valence-corrected chi connectivity index (χ3v) is 3.87. The molecule has 0 amide bonds. The molecule has 0 aliphatic carbocycles. The summed E-state index contributed by atoms with van der Waals surface area (Å²) in [6, 6.07) is 7.57. The highest BCUT2D eigenvalue weighted by Crippen LogP contribution is 2.30. The molecule has 0 bridgehead atoms. The van der Waals surface area contributed by atoms with Gasteiger partial charge in [0.25, 0.3) is 0 Å². The predicted octanol–water partition coefficient (Wildman–Crippen LogP) is 2.95. The van der Waals surface area contributed by atoms with Gasteiger partial charge in [0, 0.05) is 25.3 Å². The van der Waals surface area contributed by atoms with Crippen molar-refractivity contribution in [2.45, 2.75) is 25.9 Å². The standard InChI is InChI=1S/C15H18FN3/c1-11-7-17-19(8-11)15-9-18(10-15)12(2)13-4-3-5-14(16)6-13/h3-8,12,15H,9-10H2,1-2H3/t12-/m1/s1. The quantitative estimate of drug-likeness (QED) is 0.845. The summed E-state index contributed by atoms with van der Waals surface area (Å²) in [5.74, 6) is -0.163. The average molecular weight is 259 g/mol. The Morgan fingerprint density at radius 2 is 2.16 bits per heavy atom. The smallest absolute Gasteiger partial charge is 0.123 e. The van der Waals surface area contributed by atoms with Crippen LogP contribution in [0.3, 0.4) is 0 Å². The van der Waals surface area contributed by atoms with Crippen molar-refractivity contribution in [1.82, 2.24) is 14.7 Å². The van der Waals surface area contributed by atoms with E-state index in [0.717, 1.165) is 18.7 Å². The Balaban J connectivity index is 1.64. The SMILES string of the molecule is Cc1cnn(C2CN([C@H](C)c3cccc(F)c3)C2)c1. The molecule has 1 saturated heterocycles. The highest BCUT2D eigenvalue weighted by Gasteiger charge is 2.32. The van der Waals surface area contributed by atoms with Gasteiger partial charge in [-0.15, -0.1) is 0 Å². The van der Waals surface area contributed by atoms with Gasteiger partial charge in [-0.3, -0.25) is 9.58 Å². The van der Waals surface area contributed by atoms with Crippen LogP contribution >= 0.6 is 0 Å². The molecule has 3 rings (SSSR count). The molecule has 0 spiro atoms. The first-order chi connectivity index (χ1) is 9.13. The maximum absolute atomic E-state index is 13.2. The van der Waals surface area contributed by atoms with Gasteiger partial charge < -0.3 is 0 Å². The molecular weight excluding hydrogens is 241 g/mol. The van der Waals surface area contributed by atoms with E-state index in [1.807, 2.05) is 16.9 Å². The molecule has 1 aromatic heterocycles. The Kier molecular flexibility index (Phi) is 3.11. The normalized spacial score (nSPS) is 18.3. The molecule has 1 fully saturated rings. The number of halogens is 1. The van der Waals surface area contributed by atoms with Gasteiger partial charge in [0.05, 0.1) is 12.2 Å². The number of aryl methyl sites for hydroxylation is 1. The lowest BCUT2D eigenvalue weighted by Crippen LogP contribution is -2.48. The lowest BCUT2D eigenvalue weighted by atomic mass is 10.0. The van der Waals surface area contributed by atoms with Crippen LogP contribution in [0.25, 0.3) is 0 Å². The molecule has 1 aliphatic rings. The van der Waals surface area contributed by atoms with Crippen LogP contribution in [0, 0.1) is 12.7 Å². The average Bonchev–Trinajstić information content (AvgIpc) is 2.73. The van der Waals surface area contributed by atoms with E-state index in [1.165, 1.54) is 11.6 Å². The molecule has 0 N–H and O–H groups in total. The van der Waals surface area contributed by atoms with Gasteiger partial charge in [-0.1, -0.05) is 12.1 Å². The summed E-state index contributed by atoms with van der Waals surface area (Å²) in [5, 5.41) is 4.35. The van der Waals surface area contributed by atoms with Crippen molar-refractivity contribution in [3.8, 4) is 0 Å².